The molecule has 1 rings (SSSR count). The molecule has 0 saturated carbocycles. The zero-order valence-corrected chi connectivity index (χ0v) is 32.2. The van der Waals surface area contributed by atoms with Gasteiger partial charge in [-0.15, -0.1) is 0 Å². The van der Waals surface area contributed by atoms with E-state index in [1.54, 1.807) is 0 Å². The molecule has 16 nitrogen and oxygen atoms in total. The van der Waals surface area contributed by atoms with Gasteiger partial charge in [-0.3, -0.25) is 38.4 Å². The van der Waals surface area contributed by atoms with Crippen molar-refractivity contribution >= 4 is 128 Å². The number of amides is 8. The van der Waals surface area contributed by atoms with E-state index in [2.05, 4.69) is 42.5 Å². The van der Waals surface area contributed by atoms with Crippen LogP contribution in [0.1, 0.15) is 0 Å². The van der Waals surface area contributed by atoms with Gasteiger partial charge >= 0.3 is 181 Å². The van der Waals surface area contributed by atoms with Crippen molar-refractivity contribution in [1.82, 2.24) is 42.5 Å². The third-order valence-corrected chi connectivity index (χ3v) is 3.61. The Labute approximate surface area is 310 Å². The number of hydrogen-bond acceptors (Lipinski definition) is 8. The molecule has 0 aliphatic carbocycles. The number of carbonyl (C=O) groups is 8. The minimum atomic E-state index is -1.000. The molecule has 0 bridgehead atoms. The topological polar surface area (TPSA) is 233 Å². The fraction of sp³-hybridized carbons (Fsp3) is 0.500. The first-order valence-corrected chi connectivity index (χ1v) is 23.6. The van der Waals surface area contributed by atoms with Gasteiger partial charge in [-0.2, -0.15) is 0 Å². The Balaban J connectivity index is -0.000000572. The van der Waals surface area contributed by atoms with E-state index in [4.69, 9.17) is 80.8 Å². The van der Waals surface area contributed by atoms with Gasteiger partial charge in [0.25, 0.3) is 0 Å². The Morgan fingerprint density at radius 3 is 0.409 bits per heavy atom. The maximum absolute atomic E-state index is 11.6. The number of carbonyl (C=O) groups excluding carboxylic acids is 8. The van der Waals surface area contributed by atoms with Gasteiger partial charge in [-0.05, 0) is 0 Å². The van der Waals surface area contributed by atoms with Gasteiger partial charge < -0.3 is 42.5 Å². The summed E-state index contributed by atoms with van der Waals surface area (Å²) in [5, 5.41) is 17.7. The number of rotatable bonds is 0. The average Bonchev–Trinajstić information content (AvgIpc) is 2.98. The predicted molar refractivity (Wildman–Crippen MR) is 151 cm³/mol. The Morgan fingerprint density at radius 2 is 0.341 bits per heavy atom. The van der Waals surface area contributed by atoms with Crippen LogP contribution in [0.3, 0.4) is 0 Å². The molecule has 44 heavy (non-hydrogen) atoms. The SMILES string of the molecule is O=C1NCCNC(=O)C(=O)NCCNC(=O)C(=O)NCCNC(=O)C(=O)NCCNC1=O.[Cl][Mn][Cl].[Cl][Mn][Cl].[Cl][Mn][Cl].[Cl][Mn][Cl]. The van der Waals surface area contributed by atoms with E-state index in [0.717, 1.165) is 0 Å². The van der Waals surface area contributed by atoms with Gasteiger partial charge in [0.15, 0.2) is 0 Å². The molecular formula is C16H24Cl8Mn4N8O8. The first-order chi connectivity index (χ1) is 20.9. The second-order valence-electron chi connectivity index (χ2n) is 6.26. The second-order valence-corrected chi connectivity index (χ2v) is 14.1. The third-order valence-electron chi connectivity index (χ3n) is 3.61. The van der Waals surface area contributed by atoms with Crippen LogP contribution in [-0.2, 0) is 90.9 Å². The van der Waals surface area contributed by atoms with Crippen molar-refractivity contribution in [3.63, 3.8) is 0 Å². The first kappa shape index (κ1) is 51.0. The molecule has 0 spiro atoms. The average molecular weight is 960 g/mol. The van der Waals surface area contributed by atoms with Crippen molar-refractivity contribution < 1.29 is 90.9 Å². The Bertz CT molecular complexity index is 692. The number of hydrogen-bond donors (Lipinski definition) is 8. The summed E-state index contributed by atoms with van der Waals surface area (Å²) in [6.45, 7) is -1.16. The van der Waals surface area contributed by atoms with Crippen LogP contribution < -0.4 is 42.5 Å². The Morgan fingerprint density at radius 1 is 0.273 bits per heavy atom. The monoisotopic (exact) mass is 956 g/mol. The summed E-state index contributed by atoms with van der Waals surface area (Å²) in [6, 6.07) is 0. The van der Waals surface area contributed by atoms with Gasteiger partial charge in [-0.25, -0.2) is 0 Å². The fourth-order valence-corrected chi connectivity index (χ4v) is 2.05. The standard InChI is InChI=1S/C16H24N8O8.8ClH.4Mn/c25-9-10(26)19-3-4-21-13(29)14(30)23-7-8-24-16(32)15(31)22-6-5-20-12(28)11(27)18-2-1-17-9;;;;;;;;;;;;/h1-8H2,(H,17,25)(H,18,27)(H,19,26)(H,20,28)(H,21,29)(H,22,31)(H,23,30)(H,24,32);8*1H;;;;/q;;;;;;;;;4*+2/p-8. The van der Waals surface area contributed by atoms with Crippen LogP contribution in [0, 0.1) is 0 Å². The van der Waals surface area contributed by atoms with Crippen LogP contribution in [0.4, 0.5) is 0 Å². The minimum absolute atomic E-state index is 0.00694. The molecule has 0 atom stereocenters. The normalized spacial score (nSPS) is 15.8. The zero-order valence-electron chi connectivity index (χ0n) is 21.5. The van der Waals surface area contributed by atoms with E-state index in [1.165, 1.54) is 0 Å². The summed E-state index contributed by atoms with van der Waals surface area (Å²) in [4.78, 5) is 92.8. The van der Waals surface area contributed by atoms with Crippen LogP contribution in [0.2, 0.25) is 0 Å². The summed E-state index contributed by atoms with van der Waals surface area (Å²) in [6.07, 6.45) is 0. The predicted octanol–water partition coefficient (Wildman–Crippen LogP) is -1.56. The fourth-order valence-electron chi connectivity index (χ4n) is 2.05. The third kappa shape index (κ3) is 36.6. The van der Waals surface area contributed by atoms with E-state index in [-0.39, 0.29) is 105 Å². The molecule has 28 heteroatoms. The molecule has 1 fully saturated rings. The molecule has 8 amide bonds. The van der Waals surface area contributed by atoms with Crippen LogP contribution in [0.15, 0.2) is 0 Å². The summed E-state index contributed by atoms with van der Waals surface area (Å²) >= 11 is 0.0278. The maximum atomic E-state index is 11.6. The van der Waals surface area contributed by atoms with E-state index in [0.29, 0.717) is 0 Å². The van der Waals surface area contributed by atoms with Gasteiger partial charge in [0, 0.05) is 52.4 Å². The van der Waals surface area contributed by atoms with Crippen LogP contribution in [0.5, 0.6) is 0 Å². The molecule has 1 aliphatic heterocycles. The van der Waals surface area contributed by atoms with Crippen LogP contribution in [0.25, 0.3) is 0 Å². The summed E-state index contributed by atoms with van der Waals surface area (Å²) < 4.78 is 0. The molecule has 1 saturated heterocycles. The van der Waals surface area contributed by atoms with E-state index < -0.39 is 47.3 Å². The molecule has 260 valence electrons. The molecule has 0 aromatic heterocycles. The molecule has 8 N–H and O–H groups in total. The summed E-state index contributed by atoms with van der Waals surface area (Å²) in [7, 11) is 38.4. The summed E-state index contributed by atoms with van der Waals surface area (Å²) in [5.41, 5.74) is 0. The second kappa shape index (κ2) is 39.3. The van der Waals surface area contributed by atoms with Crippen molar-refractivity contribution in [2.45, 2.75) is 0 Å². The number of halogens is 8. The van der Waals surface area contributed by atoms with Crippen LogP contribution >= 0.6 is 80.8 Å². The first-order valence-electron chi connectivity index (χ1n) is 10.6. The van der Waals surface area contributed by atoms with Crippen molar-refractivity contribution in [3.8, 4) is 0 Å². The number of nitrogens with one attached hydrogen (secondary N) is 8. The van der Waals surface area contributed by atoms with E-state index in [9.17, 15) is 38.4 Å². The van der Waals surface area contributed by atoms with Crippen molar-refractivity contribution in [1.29, 1.82) is 0 Å². The quantitative estimate of drug-likeness (QED) is 0.104. The molecule has 0 unspecified atom stereocenters. The molecule has 0 aromatic rings. The summed E-state index contributed by atoms with van der Waals surface area (Å²) in [5.74, 6) is -8.00. The van der Waals surface area contributed by atoms with Crippen molar-refractivity contribution in [2.75, 3.05) is 52.4 Å². The molecule has 1 aliphatic rings. The van der Waals surface area contributed by atoms with Crippen molar-refractivity contribution in [2.24, 2.45) is 0 Å². The molecule has 0 aromatic carbocycles. The van der Waals surface area contributed by atoms with Crippen LogP contribution in [-0.4, -0.2) is 99.6 Å². The Kier molecular flexibility index (Phi) is 45.6. The Hall–Kier alpha value is 0.158. The molecular weight excluding hydrogens is 936 g/mol. The molecule has 0 radical (unpaired) electrons. The van der Waals surface area contributed by atoms with Gasteiger partial charge in [-0.1, -0.05) is 0 Å². The van der Waals surface area contributed by atoms with E-state index >= 15 is 0 Å². The molecule has 1 heterocycles. The van der Waals surface area contributed by atoms with Gasteiger partial charge in [0.1, 0.15) is 0 Å². The van der Waals surface area contributed by atoms with Crippen molar-refractivity contribution in [3.05, 3.63) is 0 Å². The zero-order chi connectivity index (χ0) is 34.8. The van der Waals surface area contributed by atoms with Gasteiger partial charge in [0.05, 0.1) is 0 Å². The van der Waals surface area contributed by atoms with E-state index in [1.807, 2.05) is 0 Å². The van der Waals surface area contributed by atoms with Gasteiger partial charge in [0.2, 0.25) is 0 Å².